The highest BCUT2D eigenvalue weighted by Gasteiger charge is 2.22. The van der Waals surface area contributed by atoms with E-state index >= 15 is 0 Å². The van der Waals surface area contributed by atoms with Crippen LogP contribution >= 0.6 is 11.3 Å². The zero-order chi connectivity index (χ0) is 14.7. The molecule has 0 bridgehead atoms. The number of nitrogens with one attached hydrogen (secondary N) is 1. The van der Waals surface area contributed by atoms with E-state index in [1.54, 1.807) is 16.7 Å². The predicted molar refractivity (Wildman–Crippen MR) is 85.9 cm³/mol. The van der Waals surface area contributed by atoms with Gasteiger partial charge in [0.2, 0.25) is 0 Å². The molecule has 1 unspecified atom stereocenters. The number of hydrogen-bond donors (Lipinski definition) is 1. The summed E-state index contributed by atoms with van der Waals surface area (Å²) in [4.78, 5) is 20.0. The minimum Gasteiger partial charge on any atom is -0.320 e. The molecule has 0 aromatic carbocycles. The number of hydrogen-bond acceptors (Lipinski definition) is 5. The van der Waals surface area contributed by atoms with Crippen LogP contribution < -0.4 is 10.9 Å². The van der Waals surface area contributed by atoms with Crippen LogP contribution in [0.15, 0.2) is 22.4 Å². The highest BCUT2D eigenvalue weighted by Crippen LogP contribution is 2.21. The van der Waals surface area contributed by atoms with Gasteiger partial charge in [-0.1, -0.05) is 6.42 Å². The minimum atomic E-state index is 0.0278. The van der Waals surface area contributed by atoms with Gasteiger partial charge in [0.1, 0.15) is 0 Å². The molecule has 21 heavy (non-hydrogen) atoms. The van der Waals surface area contributed by atoms with Crippen molar-refractivity contribution >= 4 is 16.3 Å². The molecule has 114 valence electrons. The molecule has 3 rings (SSSR count). The van der Waals surface area contributed by atoms with Crippen LogP contribution in [0.3, 0.4) is 0 Å². The van der Waals surface area contributed by atoms with Crippen LogP contribution in [0.5, 0.6) is 0 Å². The second-order valence-corrected chi connectivity index (χ2v) is 6.53. The molecule has 0 amide bonds. The van der Waals surface area contributed by atoms with Crippen molar-refractivity contribution in [1.29, 1.82) is 0 Å². The van der Waals surface area contributed by atoms with E-state index in [0.29, 0.717) is 6.04 Å². The van der Waals surface area contributed by atoms with Crippen LogP contribution in [0.4, 0.5) is 0 Å². The zero-order valence-corrected chi connectivity index (χ0v) is 13.2. The fourth-order valence-electron chi connectivity index (χ4n) is 3.08. The van der Waals surface area contributed by atoms with E-state index in [0.717, 1.165) is 36.7 Å². The number of rotatable bonds is 5. The van der Waals surface area contributed by atoms with Gasteiger partial charge in [0.25, 0.3) is 5.56 Å². The Morgan fingerprint density at radius 2 is 2.38 bits per heavy atom. The van der Waals surface area contributed by atoms with Crippen LogP contribution in [0, 0.1) is 0 Å². The molecule has 6 heteroatoms. The Labute approximate surface area is 128 Å². The summed E-state index contributed by atoms with van der Waals surface area (Å²) in [6.45, 7) is 2.94. The van der Waals surface area contributed by atoms with E-state index in [1.165, 1.54) is 30.6 Å². The van der Waals surface area contributed by atoms with E-state index in [-0.39, 0.29) is 5.56 Å². The summed E-state index contributed by atoms with van der Waals surface area (Å²) in [7, 11) is 2.00. The summed E-state index contributed by atoms with van der Waals surface area (Å²) in [6, 6.07) is 2.29. The highest BCUT2D eigenvalue weighted by molar-refractivity contribution is 7.15. The molecule has 1 aliphatic rings. The third-order valence-electron chi connectivity index (χ3n) is 4.20. The van der Waals surface area contributed by atoms with Crippen molar-refractivity contribution in [2.75, 3.05) is 20.1 Å². The van der Waals surface area contributed by atoms with E-state index < -0.39 is 0 Å². The van der Waals surface area contributed by atoms with Crippen molar-refractivity contribution in [3.05, 3.63) is 33.7 Å². The fourth-order valence-corrected chi connectivity index (χ4v) is 3.82. The maximum absolute atomic E-state index is 12.1. The molecular weight excluding hydrogens is 284 g/mol. The van der Waals surface area contributed by atoms with E-state index in [1.807, 2.05) is 12.4 Å². The van der Waals surface area contributed by atoms with Crippen LogP contribution in [-0.2, 0) is 6.54 Å². The predicted octanol–water partition coefficient (Wildman–Crippen LogP) is 1.72. The maximum atomic E-state index is 12.1. The molecule has 2 aromatic heterocycles. The maximum Gasteiger partial charge on any atom is 0.258 e. The Bertz CT molecular complexity index is 650. The van der Waals surface area contributed by atoms with Crippen molar-refractivity contribution in [2.45, 2.75) is 38.3 Å². The first kappa shape index (κ1) is 14.7. The Balaban J connectivity index is 1.77. The SMILES string of the molecule is CNCCC1CCCCN1Cc1cc(=O)n2ccsc2n1. The van der Waals surface area contributed by atoms with Crippen molar-refractivity contribution in [1.82, 2.24) is 19.6 Å². The lowest BCUT2D eigenvalue weighted by Crippen LogP contribution is -2.40. The monoisotopic (exact) mass is 306 g/mol. The number of piperidine rings is 1. The van der Waals surface area contributed by atoms with E-state index in [4.69, 9.17) is 0 Å². The van der Waals surface area contributed by atoms with Crippen molar-refractivity contribution in [3.8, 4) is 0 Å². The molecule has 0 saturated carbocycles. The van der Waals surface area contributed by atoms with Gasteiger partial charge < -0.3 is 5.32 Å². The van der Waals surface area contributed by atoms with Gasteiger partial charge in [-0.05, 0) is 39.4 Å². The van der Waals surface area contributed by atoms with Crippen molar-refractivity contribution in [2.24, 2.45) is 0 Å². The van der Waals surface area contributed by atoms with Gasteiger partial charge in [0, 0.05) is 30.2 Å². The van der Waals surface area contributed by atoms with Gasteiger partial charge in [-0.2, -0.15) is 0 Å². The zero-order valence-electron chi connectivity index (χ0n) is 12.4. The molecule has 3 heterocycles. The van der Waals surface area contributed by atoms with Crippen molar-refractivity contribution < 1.29 is 0 Å². The summed E-state index contributed by atoms with van der Waals surface area (Å²) in [5, 5.41) is 5.14. The summed E-state index contributed by atoms with van der Waals surface area (Å²) in [5.74, 6) is 0. The Morgan fingerprint density at radius 3 is 3.24 bits per heavy atom. The number of nitrogens with zero attached hydrogens (tertiary/aromatic N) is 3. The van der Waals surface area contributed by atoms with Crippen LogP contribution in [0.1, 0.15) is 31.4 Å². The summed E-state index contributed by atoms with van der Waals surface area (Å²) >= 11 is 1.52. The van der Waals surface area contributed by atoms with Gasteiger partial charge >= 0.3 is 0 Å². The number of fused-ring (bicyclic) bond motifs is 1. The van der Waals surface area contributed by atoms with Gasteiger partial charge in [0.15, 0.2) is 4.96 Å². The molecule has 0 spiro atoms. The molecule has 1 atom stereocenters. The second kappa shape index (κ2) is 6.68. The first-order valence-corrected chi connectivity index (χ1v) is 8.50. The number of likely N-dealkylation sites (tertiary alicyclic amines) is 1. The van der Waals surface area contributed by atoms with E-state index in [9.17, 15) is 4.79 Å². The lowest BCUT2D eigenvalue weighted by atomic mass is 9.99. The van der Waals surface area contributed by atoms with Crippen LogP contribution in [0.2, 0.25) is 0 Å². The molecule has 5 nitrogen and oxygen atoms in total. The lowest BCUT2D eigenvalue weighted by Gasteiger charge is -2.35. The van der Waals surface area contributed by atoms with Crippen LogP contribution in [-0.4, -0.2) is 40.5 Å². The third-order valence-corrected chi connectivity index (χ3v) is 4.95. The van der Waals surface area contributed by atoms with Gasteiger partial charge in [-0.15, -0.1) is 11.3 Å². The quantitative estimate of drug-likeness (QED) is 0.914. The Morgan fingerprint density at radius 1 is 1.48 bits per heavy atom. The molecule has 1 aliphatic heterocycles. The molecule has 1 fully saturated rings. The van der Waals surface area contributed by atoms with Crippen molar-refractivity contribution in [3.63, 3.8) is 0 Å². The topological polar surface area (TPSA) is 49.6 Å². The van der Waals surface area contributed by atoms with Crippen LogP contribution in [0.25, 0.3) is 4.96 Å². The smallest absolute Gasteiger partial charge is 0.258 e. The average Bonchev–Trinajstić information content (AvgIpc) is 2.95. The standard InChI is InChI=1S/C15H22N4OS/c1-16-6-5-13-4-2-3-7-18(13)11-12-10-14(20)19-8-9-21-15(19)17-12/h8-10,13,16H,2-7,11H2,1H3. The lowest BCUT2D eigenvalue weighted by molar-refractivity contribution is 0.131. The number of aromatic nitrogens is 2. The Kier molecular flexibility index (Phi) is 4.67. The molecule has 0 aliphatic carbocycles. The molecule has 0 radical (unpaired) electrons. The first-order chi connectivity index (χ1) is 10.3. The minimum absolute atomic E-state index is 0.0278. The van der Waals surface area contributed by atoms with Gasteiger partial charge in [-0.3, -0.25) is 14.1 Å². The summed E-state index contributed by atoms with van der Waals surface area (Å²) in [6.07, 6.45) is 6.76. The van der Waals surface area contributed by atoms with Gasteiger partial charge in [-0.25, -0.2) is 4.98 Å². The molecule has 2 aromatic rings. The highest BCUT2D eigenvalue weighted by atomic mass is 32.1. The van der Waals surface area contributed by atoms with Gasteiger partial charge in [0.05, 0.1) is 5.69 Å². The summed E-state index contributed by atoms with van der Waals surface area (Å²) < 4.78 is 1.61. The summed E-state index contributed by atoms with van der Waals surface area (Å²) in [5.41, 5.74) is 0.929. The normalized spacial score (nSPS) is 20.1. The fraction of sp³-hybridized carbons (Fsp3) is 0.600. The first-order valence-electron chi connectivity index (χ1n) is 7.62. The average molecular weight is 306 g/mol. The molecule has 1 N–H and O–H groups in total. The number of thiazole rings is 1. The third kappa shape index (κ3) is 3.33. The molecule has 1 saturated heterocycles. The Hall–Kier alpha value is -1.24. The second-order valence-electron chi connectivity index (χ2n) is 5.65. The van der Waals surface area contributed by atoms with E-state index in [2.05, 4.69) is 15.2 Å². The largest absolute Gasteiger partial charge is 0.320 e. The molecular formula is C15H22N4OS.